The van der Waals surface area contributed by atoms with Crippen molar-refractivity contribution in [1.29, 1.82) is 0 Å². The van der Waals surface area contributed by atoms with E-state index in [0.717, 1.165) is 6.54 Å². The quantitative estimate of drug-likeness (QED) is 0.0256. The molecule has 14 aromatic rings. The SMILES string of the molecule is CN(C/C=C/C(=O)O)C1CC1.CNc1cc(-n2c(=O)n(-c3ccc(Oc4cccc(F)c4)cc3)c3c(N)ncnc32)ccc1OC.COc1ccc(-n2c(=O)n(-c3ccc(Oc4cccc(F)c4)cc3)c3c(N)ncnc32)cc1N(C)C(=O)OC(C)(C)C.COc1ccc(N2C(=O)Cc3c(N)ncnc32)cc1N(C)C(=O)OC(C)(C)C.O[B]Oc1ccc(Oc2cccc(F)c2)cc1. The molecule has 0 unspecified atom stereocenters. The van der Waals surface area contributed by atoms with Crippen molar-refractivity contribution in [3.63, 3.8) is 0 Å². The predicted molar refractivity (Wildman–Crippen MR) is 497 cm³/mol. The summed E-state index contributed by atoms with van der Waals surface area (Å²) < 4.78 is 94.4. The number of carbonyl (C=O) groups is 4. The highest BCUT2D eigenvalue weighted by molar-refractivity contribution is 6.17. The van der Waals surface area contributed by atoms with Crippen molar-refractivity contribution in [1.82, 2.24) is 53.1 Å². The van der Waals surface area contributed by atoms with Crippen molar-refractivity contribution in [2.24, 2.45) is 0 Å². The molecule has 687 valence electrons. The van der Waals surface area contributed by atoms with Crippen molar-refractivity contribution in [3.8, 4) is 80.2 Å². The first-order valence-corrected chi connectivity index (χ1v) is 41.0. The van der Waals surface area contributed by atoms with Crippen LogP contribution in [-0.2, 0) is 25.5 Å². The maximum absolute atomic E-state index is 14.0. The van der Waals surface area contributed by atoms with Crippen molar-refractivity contribution in [2.45, 2.75) is 78.0 Å². The van der Waals surface area contributed by atoms with Crippen LogP contribution in [0.3, 0.4) is 0 Å². The number of fused-ring (bicyclic) bond motifs is 3. The Morgan fingerprint density at radius 1 is 0.496 bits per heavy atom. The van der Waals surface area contributed by atoms with Crippen LogP contribution < -0.4 is 81.7 Å². The molecule has 35 nitrogen and oxygen atoms in total. The molecule has 16 rings (SSSR count). The van der Waals surface area contributed by atoms with Crippen LogP contribution in [0.2, 0.25) is 0 Å². The molecule has 0 saturated heterocycles. The van der Waals surface area contributed by atoms with Crippen LogP contribution in [-0.4, -0.2) is 168 Å². The molecule has 6 heterocycles. The molecule has 1 saturated carbocycles. The van der Waals surface area contributed by atoms with Crippen LogP contribution >= 0.6 is 0 Å². The van der Waals surface area contributed by atoms with E-state index >= 15 is 0 Å². The summed E-state index contributed by atoms with van der Waals surface area (Å²) in [5.74, 6) is 3.34. The fraction of sp³-hybridized carbons (Fsp3) is 0.213. The van der Waals surface area contributed by atoms with Crippen LogP contribution in [0, 0.1) is 17.5 Å². The van der Waals surface area contributed by atoms with E-state index in [1.54, 1.807) is 240 Å². The highest BCUT2D eigenvalue weighted by Crippen LogP contribution is 2.42. The largest absolute Gasteiger partial charge is 0.569 e. The van der Waals surface area contributed by atoms with E-state index in [9.17, 15) is 41.9 Å². The third kappa shape index (κ3) is 23.7. The van der Waals surface area contributed by atoms with Crippen LogP contribution in [0.5, 0.6) is 57.5 Å². The molecule has 0 atom stereocenters. The minimum absolute atomic E-state index is 0.0931. The Hall–Kier alpha value is -16.4. The molecule has 9 aromatic carbocycles. The first kappa shape index (κ1) is 95.7. The minimum Gasteiger partial charge on any atom is -0.537 e. The summed E-state index contributed by atoms with van der Waals surface area (Å²) in [5.41, 5.74) is 22.0. The minimum atomic E-state index is -0.866. The number of ether oxygens (including phenoxy) is 8. The second-order valence-corrected chi connectivity index (χ2v) is 31.4. The molecule has 0 bridgehead atoms. The molecule has 9 N–H and O–H groups in total. The average Bonchev–Trinajstić information content (AvgIpc) is 1.60. The van der Waals surface area contributed by atoms with Gasteiger partial charge in [-0.25, -0.2) is 76.2 Å². The Kier molecular flexibility index (Phi) is 30.4. The molecule has 5 aromatic heterocycles. The lowest BCUT2D eigenvalue weighted by Crippen LogP contribution is -2.34. The third-order valence-corrected chi connectivity index (χ3v) is 19.8. The highest BCUT2D eigenvalue weighted by Gasteiger charge is 2.35. The summed E-state index contributed by atoms with van der Waals surface area (Å²) in [6.45, 7) is 11.4. The van der Waals surface area contributed by atoms with E-state index in [4.69, 9.17) is 69.9 Å². The number of carboxylic acid groups (broad SMARTS) is 1. The number of methoxy groups -OCH3 is 3. The van der Waals surface area contributed by atoms with Gasteiger partial charge in [0.15, 0.2) is 22.9 Å². The maximum Gasteiger partial charge on any atom is 0.569 e. The summed E-state index contributed by atoms with van der Waals surface area (Å²) in [6, 6.07) is 53.5. The maximum atomic E-state index is 14.0. The Morgan fingerprint density at radius 3 is 1.29 bits per heavy atom. The fourth-order valence-corrected chi connectivity index (χ4v) is 13.4. The number of nitrogens with two attached hydrogens (primary N) is 3. The molecule has 2 aliphatic rings. The molecule has 0 spiro atoms. The lowest BCUT2D eigenvalue weighted by molar-refractivity contribution is -0.131. The van der Waals surface area contributed by atoms with Gasteiger partial charge in [-0.15, -0.1) is 0 Å². The van der Waals surface area contributed by atoms with E-state index in [1.807, 2.05) is 7.05 Å². The molecule has 1 radical (unpaired) electrons. The van der Waals surface area contributed by atoms with Crippen LogP contribution in [0.1, 0.15) is 59.9 Å². The van der Waals surface area contributed by atoms with E-state index in [-0.39, 0.29) is 46.9 Å². The number of nitrogens with zero attached hydrogens (tertiary/aromatic N) is 14. The molecule has 133 heavy (non-hydrogen) atoms. The standard InChI is InChI=1S/C30H29FN6O5.C25H21FN6O3.C19H23N5O4.C12H9BFO3.C8H13NO2/c1-30(2,3)42-29(39)35(4)23-16-20(11-14-24(23)40-5)37-27-25(26(32)33-17-34-27)36(28(37)38)19-9-12-21(13-10-19)41-22-8-6-7-18(31)15-22;1-28-20-13-17(8-11-21(20)34-2)32-24-22(23(27)29-14-30-24)31(25(32)33)16-6-9-18(10-7-16)35-19-5-3-4-15(26)12-19;1-19(2,3)28-18(26)23(4)13-8-11(6-7-14(13)27-5)24-15(25)9-12-16(20)21-10-22-17(12)24;14-9-2-1-3-12(8-9)16-10-4-6-11(7-5-10)17-13-15;1-9(7-4-5-7)6-2-3-8(10)11/h6-17H,1-5H3,(H2,32,33,34);3-14,28H,1-2H3,(H2,27,29,30);6-8,10H,9H2,1-5H3,(H2,20,21,22);1-8,15H;2-3,7H,4-6H2,1H3,(H,10,11)/b;;;;3-2+. The van der Waals surface area contributed by atoms with Gasteiger partial charge in [-0.2, -0.15) is 0 Å². The Morgan fingerprint density at radius 2 is 0.887 bits per heavy atom. The van der Waals surface area contributed by atoms with E-state index < -0.39 is 46.7 Å². The molecular weight excluding hydrogens is 1720 g/mol. The topological polar surface area (TPSA) is 426 Å². The third-order valence-electron chi connectivity index (χ3n) is 19.8. The molecule has 1 fully saturated rings. The number of nitrogen functional groups attached to an aromatic ring is 3. The number of carbonyl (C=O) groups excluding carboxylic acids is 3. The van der Waals surface area contributed by atoms with E-state index in [1.165, 1.54) is 121 Å². The van der Waals surface area contributed by atoms with Gasteiger partial charge in [0, 0.05) is 63.6 Å². The average molecular weight is 1820 g/mol. The van der Waals surface area contributed by atoms with Crippen molar-refractivity contribution >= 4 is 100 Å². The van der Waals surface area contributed by atoms with Crippen LogP contribution in [0.25, 0.3) is 45.1 Å². The van der Waals surface area contributed by atoms with Gasteiger partial charge in [0.25, 0.3) is 0 Å². The first-order valence-electron chi connectivity index (χ1n) is 41.0. The summed E-state index contributed by atoms with van der Waals surface area (Å²) in [5, 5.41) is 19.8. The van der Waals surface area contributed by atoms with Crippen LogP contribution in [0.4, 0.5) is 68.8 Å². The van der Waals surface area contributed by atoms with E-state index in [0.29, 0.717) is 145 Å². The molecule has 1 aliphatic heterocycles. The summed E-state index contributed by atoms with van der Waals surface area (Å²) >= 11 is 0. The number of carboxylic acids is 1. The number of anilines is 8. The number of aromatic nitrogens is 10. The Bertz CT molecular complexity index is 6710. The lowest BCUT2D eigenvalue weighted by atomic mass is 10.2. The summed E-state index contributed by atoms with van der Waals surface area (Å²) in [7, 11) is 12.1. The summed E-state index contributed by atoms with van der Waals surface area (Å²) in [6.07, 6.45) is 8.28. The van der Waals surface area contributed by atoms with Gasteiger partial charge in [0.2, 0.25) is 5.91 Å². The number of halogens is 3. The zero-order chi connectivity index (χ0) is 95.7. The number of amides is 3. The Labute approximate surface area is 761 Å². The first-order chi connectivity index (χ1) is 63.6. The number of hydrogen-bond donors (Lipinski definition) is 6. The normalized spacial score (nSPS) is 12.0. The Balaban J connectivity index is 0.000000159. The fourth-order valence-electron chi connectivity index (χ4n) is 13.4. The number of likely N-dealkylation sites (N-methyl/N-ethyl adjacent to an activating group) is 1. The second kappa shape index (κ2) is 42.2. The highest BCUT2D eigenvalue weighted by atomic mass is 19.1. The van der Waals surface area contributed by atoms with Gasteiger partial charge in [-0.05, 0) is 225 Å². The molecule has 39 heteroatoms. The lowest BCUT2D eigenvalue weighted by Gasteiger charge is -2.26. The number of nitrogens with one attached hydrogen (secondary N) is 1. The second-order valence-electron chi connectivity index (χ2n) is 31.4. The monoisotopic (exact) mass is 1820 g/mol. The predicted octanol–water partition coefficient (Wildman–Crippen LogP) is 15.5. The van der Waals surface area contributed by atoms with Gasteiger partial charge < -0.3 is 75.2 Å². The molecule has 3 amide bonds. The summed E-state index contributed by atoms with van der Waals surface area (Å²) in [4.78, 5) is 107. The molecule has 1 aliphatic carbocycles. The van der Waals surface area contributed by atoms with Crippen molar-refractivity contribution < 1.29 is 85.0 Å². The van der Waals surface area contributed by atoms with Gasteiger partial charge in [-0.3, -0.25) is 33.5 Å². The number of imidazole rings is 2. The molecular formula is C94H95BF3N18O17. The van der Waals surface area contributed by atoms with Gasteiger partial charge in [-0.1, -0.05) is 24.3 Å². The number of aliphatic carboxylic acids is 1. The smallest absolute Gasteiger partial charge is 0.537 e. The van der Waals surface area contributed by atoms with Gasteiger partial charge in [0.1, 0.15) is 128 Å². The van der Waals surface area contributed by atoms with Crippen molar-refractivity contribution in [3.05, 3.63) is 275 Å². The van der Waals surface area contributed by atoms with Gasteiger partial charge >= 0.3 is 37.2 Å². The van der Waals surface area contributed by atoms with Crippen molar-refractivity contribution in [2.75, 3.05) is 93.3 Å². The van der Waals surface area contributed by atoms with Gasteiger partial charge in [0.05, 0.1) is 73.2 Å². The van der Waals surface area contributed by atoms with E-state index in [2.05, 4.69) is 40.1 Å². The van der Waals surface area contributed by atoms with Crippen LogP contribution in [0.15, 0.2) is 241 Å². The zero-order valence-electron chi connectivity index (χ0n) is 74.6. The number of benzene rings is 9. The number of rotatable bonds is 23. The number of hydrogen-bond acceptors (Lipinski definition) is 27. The zero-order valence-corrected chi connectivity index (χ0v) is 74.6.